The fraction of sp³-hybridized carbons (Fsp3) is 0.357. The molecule has 0 fully saturated rings. The highest BCUT2D eigenvalue weighted by Crippen LogP contribution is 2.11. The minimum Gasteiger partial charge on any atom is -0.299 e. The Kier molecular flexibility index (Phi) is 3.94. The van der Waals surface area contributed by atoms with Gasteiger partial charge in [-0.25, -0.2) is 0 Å². The van der Waals surface area contributed by atoms with Crippen LogP contribution in [0.3, 0.4) is 0 Å². The number of carbonyl (C=O) groups excluding carboxylic acids is 1. The van der Waals surface area contributed by atoms with Gasteiger partial charge in [0, 0.05) is 30.2 Å². The fourth-order valence-electron chi connectivity index (χ4n) is 2.06. The van der Waals surface area contributed by atoms with E-state index in [1.807, 2.05) is 13.8 Å². The molecule has 0 atom stereocenters. The van der Waals surface area contributed by atoms with Crippen molar-refractivity contribution < 1.29 is 4.79 Å². The first-order chi connectivity index (χ1) is 9.19. The van der Waals surface area contributed by atoms with Crippen LogP contribution in [0.15, 0.2) is 29.3 Å². The third-order valence-electron chi connectivity index (χ3n) is 3.00. The van der Waals surface area contributed by atoms with Gasteiger partial charge in [-0.1, -0.05) is 13.3 Å². The van der Waals surface area contributed by atoms with Crippen molar-refractivity contribution in [1.29, 1.82) is 0 Å². The topological polar surface area (TPSA) is 67.8 Å². The molecule has 2 rings (SSSR count). The molecule has 0 amide bonds. The highest BCUT2D eigenvalue weighted by Gasteiger charge is 2.21. The SMILES string of the molecule is CCCc1[nH]n(CC)c(=O)c1C(=O)c1cccnc1. The molecule has 2 aromatic heterocycles. The number of nitrogens with one attached hydrogen (secondary N) is 1. The van der Waals surface area contributed by atoms with E-state index < -0.39 is 0 Å². The minimum atomic E-state index is -0.259. The van der Waals surface area contributed by atoms with Crippen LogP contribution in [-0.2, 0) is 13.0 Å². The number of hydrogen-bond acceptors (Lipinski definition) is 3. The van der Waals surface area contributed by atoms with Crippen molar-refractivity contribution in [2.24, 2.45) is 0 Å². The van der Waals surface area contributed by atoms with Gasteiger partial charge >= 0.3 is 0 Å². The second-order valence-electron chi connectivity index (χ2n) is 4.34. The molecule has 0 saturated carbocycles. The van der Waals surface area contributed by atoms with Crippen molar-refractivity contribution in [2.45, 2.75) is 33.2 Å². The summed E-state index contributed by atoms with van der Waals surface area (Å²) in [6.07, 6.45) is 4.65. The maximum absolute atomic E-state index is 12.4. The van der Waals surface area contributed by atoms with Gasteiger partial charge in [-0.15, -0.1) is 0 Å². The molecule has 0 aliphatic heterocycles. The molecular formula is C14H17N3O2. The van der Waals surface area contributed by atoms with Crippen LogP contribution in [0.5, 0.6) is 0 Å². The Morgan fingerprint density at radius 1 is 1.42 bits per heavy atom. The molecule has 0 unspecified atom stereocenters. The average molecular weight is 259 g/mol. The van der Waals surface area contributed by atoms with Crippen molar-refractivity contribution in [3.8, 4) is 0 Å². The van der Waals surface area contributed by atoms with Crippen LogP contribution in [0.4, 0.5) is 0 Å². The predicted octanol–water partition coefficient (Wildman–Crippen LogP) is 1.77. The second kappa shape index (κ2) is 5.65. The van der Waals surface area contributed by atoms with Crippen LogP contribution in [0.1, 0.15) is 41.9 Å². The van der Waals surface area contributed by atoms with Crippen LogP contribution in [0.25, 0.3) is 0 Å². The number of carbonyl (C=O) groups is 1. The summed E-state index contributed by atoms with van der Waals surface area (Å²) in [5.41, 5.74) is 1.15. The molecule has 0 aromatic carbocycles. The summed E-state index contributed by atoms with van der Waals surface area (Å²) in [5.74, 6) is -0.259. The summed E-state index contributed by atoms with van der Waals surface area (Å²) in [4.78, 5) is 28.5. The van der Waals surface area contributed by atoms with Crippen LogP contribution >= 0.6 is 0 Å². The second-order valence-corrected chi connectivity index (χ2v) is 4.34. The minimum absolute atomic E-state index is 0.247. The Bertz CT molecular complexity index is 626. The molecule has 2 heterocycles. The first-order valence-electron chi connectivity index (χ1n) is 6.45. The smallest absolute Gasteiger partial charge is 0.278 e. The highest BCUT2D eigenvalue weighted by atomic mass is 16.2. The van der Waals surface area contributed by atoms with Crippen molar-refractivity contribution in [3.63, 3.8) is 0 Å². The van der Waals surface area contributed by atoms with E-state index in [-0.39, 0.29) is 16.9 Å². The largest absolute Gasteiger partial charge is 0.299 e. The molecule has 1 N–H and O–H groups in total. The van der Waals surface area contributed by atoms with Gasteiger partial charge in [0.25, 0.3) is 5.56 Å². The first kappa shape index (κ1) is 13.3. The van der Waals surface area contributed by atoms with E-state index in [0.717, 1.165) is 6.42 Å². The summed E-state index contributed by atoms with van der Waals surface area (Å²) in [7, 11) is 0. The number of aromatic amines is 1. The standard InChI is InChI=1S/C14H17N3O2/c1-3-6-11-12(14(19)17(4-2)16-11)13(18)10-7-5-8-15-9-10/h5,7-9,16H,3-4,6H2,1-2H3. The van der Waals surface area contributed by atoms with E-state index in [1.54, 1.807) is 18.3 Å². The average Bonchev–Trinajstić information content (AvgIpc) is 2.75. The molecule has 0 radical (unpaired) electrons. The molecule has 0 saturated heterocycles. The van der Waals surface area contributed by atoms with E-state index >= 15 is 0 Å². The molecule has 0 aliphatic rings. The van der Waals surface area contributed by atoms with Gasteiger partial charge in [0.15, 0.2) is 0 Å². The lowest BCUT2D eigenvalue weighted by Crippen LogP contribution is -2.21. The van der Waals surface area contributed by atoms with Crippen LogP contribution in [-0.4, -0.2) is 20.5 Å². The number of aryl methyl sites for hydroxylation is 2. The maximum atomic E-state index is 12.4. The normalized spacial score (nSPS) is 10.6. The van der Waals surface area contributed by atoms with E-state index in [9.17, 15) is 9.59 Å². The maximum Gasteiger partial charge on any atom is 0.278 e. The molecule has 5 nitrogen and oxygen atoms in total. The summed E-state index contributed by atoms with van der Waals surface area (Å²) in [6.45, 7) is 4.40. The molecule has 0 aliphatic carbocycles. The zero-order chi connectivity index (χ0) is 13.8. The van der Waals surface area contributed by atoms with Crippen molar-refractivity contribution >= 4 is 5.78 Å². The molecule has 2 aromatic rings. The highest BCUT2D eigenvalue weighted by molar-refractivity contribution is 6.09. The number of pyridine rings is 1. The Balaban J connectivity index is 2.52. The van der Waals surface area contributed by atoms with Crippen LogP contribution < -0.4 is 5.56 Å². The molecular weight excluding hydrogens is 242 g/mol. The lowest BCUT2D eigenvalue weighted by atomic mass is 10.0. The van der Waals surface area contributed by atoms with Crippen molar-refractivity contribution in [3.05, 3.63) is 51.7 Å². The summed E-state index contributed by atoms with van der Waals surface area (Å²) >= 11 is 0. The third-order valence-corrected chi connectivity index (χ3v) is 3.00. The van der Waals surface area contributed by atoms with Gasteiger partial charge < -0.3 is 0 Å². The van der Waals surface area contributed by atoms with Gasteiger partial charge in [-0.05, 0) is 25.5 Å². The predicted molar refractivity (Wildman–Crippen MR) is 72.4 cm³/mol. The van der Waals surface area contributed by atoms with Crippen molar-refractivity contribution in [1.82, 2.24) is 14.8 Å². The molecule has 0 spiro atoms. The van der Waals surface area contributed by atoms with Crippen LogP contribution in [0.2, 0.25) is 0 Å². The molecule has 0 bridgehead atoms. The van der Waals surface area contributed by atoms with Gasteiger partial charge in [0.1, 0.15) is 5.56 Å². The Morgan fingerprint density at radius 3 is 2.79 bits per heavy atom. The third kappa shape index (κ3) is 2.50. The molecule has 5 heteroatoms. The lowest BCUT2D eigenvalue weighted by Gasteiger charge is -2.00. The monoisotopic (exact) mass is 259 g/mol. The number of hydrogen-bond donors (Lipinski definition) is 1. The summed E-state index contributed by atoms with van der Waals surface area (Å²) in [5, 5.41) is 3.01. The number of ketones is 1. The van der Waals surface area contributed by atoms with Gasteiger partial charge in [0.2, 0.25) is 5.78 Å². The lowest BCUT2D eigenvalue weighted by molar-refractivity contribution is 0.103. The van der Waals surface area contributed by atoms with Gasteiger partial charge in [-0.3, -0.25) is 24.4 Å². The Hall–Kier alpha value is -2.17. The quantitative estimate of drug-likeness (QED) is 0.832. The van der Waals surface area contributed by atoms with E-state index in [0.29, 0.717) is 24.2 Å². The Labute approximate surface area is 111 Å². The zero-order valence-electron chi connectivity index (χ0n) is 11.1. The molecule has 100 valence electrons. The summed E-state index contributed by atoms with van der Waals surface area (Å²) < 4.78 is 1.47. The number of rotatable bonds is 5. The van der Waals surface area contributed by atoms with E-state index in [2.05, 4.69) is 10.1 Å². The van der Waals surface area contributed by atoms with Crippen LogP contribution in [0, 0.1) is 0 Å². The van der Waals surface area contributed by atoms with Crippen molar-refractivity contribution in [2.75, 3.05) is 0 Å². The van der Waals surface area contributed by atoms with E-state index in [1.165, 1.54) is 10.9 Å². The first-order valence-corrected chi connectivity index (χ1v) is 6.45. The number of aromatic nitrogens is 3. The zero-order valence-corrected chi connectivity index (χ0v) is 11.1. The van der Waals surface area contributed by atoms with Gasteiger partial charge in [0.05, 0.1) is 0 Å². The number of nitrogens with zero attached hydrogens (tertiary/aromatic N) is 2. The fourth-order valence-corrected chi connectivity index (χ4v) is 2.06. The molecule has 19 heavy (non-hydrogen) atoms. The Morgan fingerprint density at radius 2 is 2.21 bits per heavy atom. The number of H-pyrrole nitrogens is 1. The van der Waals surface area contributed by atoms with Gasteiger partial charge in [-0.2, -0.15) is 0 Å². The summed E-state index contributed by atoms with van der Waals surface area (Å²) in [6, 6.07) is 3.37. The van der Waals surface area contributed by atoms with E-state index in [4.69, 9.17) is 0 Å².